The number of hydrogen-bond donors (Lipinski definition) is 1. The molecule has 3 nitrogen and oxygen atoms in total. The minimum Gasteiger partial charge on any atom is -0.295 e. The Morgan fingerprint density at radius 3 is 2.68 bits per heavy atom. The molecule has 1 aromatic heterocycles. The molecule has 0 radical (unpaired) electrons. The molecule has 1 N–H and O–H groups in total. The highest BCUT2D eigenvalue weighted by atomic mass is 16.1. The molecule has 0 aliphatic heterocycles. The zero-order valence-electron chi connectivity index (χ0n) is 12.0. The van der Waals surface area contributed by atoms with Crippen molar-refractivity contribution in [3.8, 4) is 5.69 Å². The van der Waals surface area contributed by atoms with E-state index in [2.05, 4.69) is 12.0 Å². The quantitative estimate of drug-likeness (QED) is 0.877. The molecule has 19 heavy (non-hydrogen) atoms. The van der Waals surface area contributed by atoms with Crippen LogP contribution in [-0.4, -0.2) is 9.78 Å². The van der Waals surface area contributed by atoms with E-state index in [-0.39, 0.29) is 5.56 Å². The molecule has 3 heteroatoms. The summed E-state index contributed by atoms with van der Waals surface area (Å²) in [7, 11) is 0. The van der Waals surface area contributed by atoms with Gasteiger partial charge < -0.3 is 0 Å². The Labute approximate surface area is 114 Å². The second-order valence-electron chi connectivity index (χ2n) is 5.01. The molecule has 0 unspecified atom stereocenters. The summed E-state index contributed by atoms with van der Waals surface area (Å²) in [6.45, 7) is 6.25. The van der Waals surface area contributed by atoms with Gasteiger partial charge in [-0.1, -0.05) is 32.4 Å². The third-order valence-electron chi connectivity index (χ3n) is 3.47. The van der Waals surface area contributed by atoms with Crippen LogP contribution in [0.1, 0.15) is 43.5 Å². The van der Waals surface area contributed by atoms with Crippen LogP contribution in [0, 0.1) is 6.92 Å². The fourth-order valence-corrected chi connectivity index (χ4v) is 2.39. The zero-order valence-corrected chi connectivity index (χ0v) is 12.0. The predicted octanol–water partition coefficient (Wildman–Crippen LogP) is 3.38. The number of aromatic amines is 1. The van der Waals surface area contributed by atoms with E-state index < -0.39 is 0 Å². The normalized spacial score (nSPS) is 10.9. The summed E-state index contributed by atoms with van der Waals surface area (Å²) in [5, 5.41) is 3.28. The first kappa shape index (κ1) is 13.7. The first-order chi connectivity index (χ1) is 9.17. The summed E-state index contributed by atoms with van der Waals surface area (Å²) in [6, 6.07) is 8.01. The number of H-pyrrole nitrogens is 1. The summed E-state index contributed by atoms with van der Waals surface area (Å²) < 4.78 is 1.68. The topological polar surface area (TPSA) is 37.8 Å². The minimum absolute atomic E-state index is 0.0965. The van der Waals surface area contributed by atoms with Crippen molar-refractivity contribution in [2.45, 2.75) is 46.5 Å². The monoisotopic (exact) mass is 258 g/mol. The number of rotatable bonds is 5. The molecular weight excluding hydrogens is 236 g/mol. The molecule has 0 aliphatic rings. The van der Waals surface area contributed by atoms with Crippen LogP contribution < -0.4 is 5.56 Å². The van der Waals surface area contributed by atoms with Gasteiger partial charge in [0.25, 0.3) is 5.56 Å². The summed E-state index contributed by atoms with van der Waals surface area (Å²) in [5.74, 6) is 0. The van der Waals surface area contributed by atoms with E-state index in [0.717, 1.165) is 48.2 Å². The molecule has 0 bridgehead atoms. The Morgan fingerprint density at radius 2 is 2.05 bits per heavy atom. The molecule has 0 atom stereocenters. The summed E-state index contributed by atoms with van der Waals surface area (Å²) in [4.78, 5) is 12.4. The number of nitrogens with zero attached hydrogens (tertiary/aromatic N) is 1. The fourth-order valence-electron chi connectivity index (χ4n) is 2.39. The highest BCUT2D eigenvalue weighted by Gasteiger charge is 2.13. The molecule has 2 rings (SSSR count). The molecule has 2 aromatic rings. The standard InChI is InChI=1S/C16H22N2O/c1-4-6-10-15-14(5-2)16(19)18(17-15)13-9-7-8-12(3)11-13/h7-9,11,17H,4-6,10H2,1-3H3. The molecule has 0 amide bonds. The number of aromatic nitrogens is 2. The van der Waals surface area contributed by atoms with Gasteiger partial charge in [-0.25, -0.2) is 4.68 Å². The minimum atomic E-state index is 0.0965. The average molecular weight is 258 g/mol. The Bertz CT molecular complexity index is 607. The molecule has 1 aromatic carbocycles. The van der Waals surface area contributed by atoms with Crippen LogP contribution in [0.25, 0.3) is 5.69 Å². The Balaban J connectivity index is 2.47. The van der Waals surface area contributed by atoms with Crippen LogP contribution in [0.5, 0.6) is 0 Å². The van der Waals surface area contributed by atoms with Gasteiger partial charge in [-0.2, -0.15) is 0 Å². The second-order valence-corrected chi connectivity index (χ2v) is 5.01. The molecule has 0 aliphatic carbocycles. The third kappa shape index (κ3) is 2.80. The number of unbranched alkanes of at least 4 members (excludes halogenated alkanes) is 1. The van der Waals surface area contributed by atoms with E-state index in [9.17, 15) is 4.79 Å². The van der Waals surface area contributed by atoms with Gasteiger partial charge in [-0.3, -0.25) is 9.89 Å². The highest BCUT2D eigenvalue weighted by molar-refractivity contribution is 5.36. The van der Waals surface area contributed by atoms with Crippen LogP contribution in [0.2, 0.25) is 0 Å². The van der Waals surface area contributed by atoms with Crippen molar-refractivity contribution >= 4 is 0 Å². The first-order valence-corrected chi connectivity index (χ1v) is 7.07. The predicted molar refractivity (Wildman–Crippen MR) is 79.1 cm³/mol. The molecule has 102 valence electrons. The summed E-state index contributed by atoms with van der Waals surface area (Å²) in [6.07, 6.45) is 3.99. The van der Waals surface area contributed by atoms with Crippen LogP contribution in [0.4, 0.5) is 0 Å². The van der Waals surface area contributed by atoms with E-state index in [1.54, 1.807) is 4.68 Å². The van der Waals surface area contributed by atoms with Crippen molar-refractivity contribution in [3.63, 3.8) is 0 Å². The third-order valence-corrected chi connectivity index (χ3v) is 3.47. The second kappa shape index (κ2) is 5.91. The van der Waals surface area contributed by atoms with Crippen molar-refractivity contribution < 1.29 is 0 Å². The number of hydrogen-bond acceptors (Lipinski definition) is 1. The Kier molecular flexibility index (Phi) is 4.25. The molecule has 1 heterocycles. The Hall–Kier alpha value is -1.77. The van der Waals surface area contributed by atoms with Crippen LogP contribution in [0.3, 0.4) is 0 Å². The van der Waals surface area contributed by atoms with Crippen molar-refractivity contribution in [1.82, 2.24) is 9.78 Å². The molecule has 0 spiro atoms. The summed E-state index contributed by atoms with van der Waals surface area (Å²) in [5.41, 5.74) is 4.19. The number of aryl methyl sites for hydroxylation is 2. The summed E-state index contributed by atoms with van der Waals surface area (Å²) >= 11 is 0. The molecule has 0 fully saturated rings. The average Bonchev–Trinajstić information content (AvgIpc) is 2.72. The van der Waals surface area contributed by atoms with E-state index >= 15 is 0 Å². The van der Waals surface area contributed by atoms with Gasteiger partial charge in [0, 0.05) is 11.3 Å². The largest absolute Gasteiger partial charge is 0.295 e. The molecular formula is C16H22N2O. The van der Waals surface area contributed by atoms with E-state index in [1.807, 2.05) is 38.1 Å². The van der Waals surface area contributed by atoms with E-state index in [1.165, 1.54) is 0 Å². The zero-order chi connectivity index (χ0) is 13.8. The van der Waals surface area contributed by atoms with Gasteiger partial charge in [0.1, 0.15) is 0 Å². The van der Waals surface area contributed by atoms with Gasteiger partial charge in [-0.05, 0) is 43.9 Å². The van der Waals surface area contributed by atoms with Gasteiger partial charge in [0.15, 0.2) is 0 Å². The number of benzene rings is 1. The lowest BCUT2D eigenvalue weighted by molar-refractivity contribution is 0.745. The number of nitrogens with one attached hydrogen (secondary N) is 1. The van der Waals surface area contributed by atoms with Crippen molar-refractivity contribution in [1.29, 1.82) is 0 Å². The van der Waals surface area contributed by atoms with Crippen LogP contribution in [0.15, 0.2) is 29.1 Å². The van der Waals surface area contributed by atoms with E-state index in [0.29, 0.717) is 0 Å². The Morgan fingerprint density at radius 1 is 1.26 bits per heavy atom. The maximum atomic E-state index is 12.4. The lowest BCUT2D eigenvalue weighted by Crippen LogP contribution is -2.17. The molecule has 0 saturated carbocycles. The smallest absolute Gasteiger partial charge is 0.274 e. The maximum Gasteiger partial charge on any atom is 0.274 e. The lowest BCUT2D eigenvalue weighted by atomic mass is 10.1. The lowest BCUT2D eigenvalue weighted by Gasteiger charge is -2.03. The van der Waals surface area contributed by atoms with Crippen LogP contribution >= 0.6 is 0 Å². The van der Waals surface area contributed by atoms with Crippen molar-refractivity contribution in [2.75, 3.05) is 0 Å². The molecule has 0 saturated heterocycles. The highest BCUT2D eigenvalue weighted by Crippen LogP contribution is 2.12. The van der Waals surface area contributed by atoms with Crippen LogP contribution in [-0.2, 0) is 12.8 Å². The van der Waals surface area contributed by atoms with Crippen molar-refractivity contribution in [3.05, 3.63) is 51.4 Å². The fraction of sp³-hybridized carbons (Fsp3) is 0.438. The van der Waals surface area contributed by atoms with Crippen molar-refractivity contribution in [2.24, 2.45) is 0 Å². The van der Waals surface area contributed by atoms with Gasteiger partial charge in [-0.15, -0.1) is 0 Å². The maximum absolute atomic E-state index is 12.4. The first-order valence-electron chi connectivity index (χ1n) is 7.07. The van der Waals surface area contributed by atoms with Gasteiger partial charge >= 0.3 is 0 Å². The SMILES string of the molecule is CCCCc1[nH]n(-c2cccc(C)c2)c(=O)c1CC. The van der Waals surface area contributed by atoms with Gasteiger partial charge in [0.05, 0.1) is 5.69 Å². The van der Waals surface area contributed by atoms with E-state index in [4.69, 9.17) is 0 Å². The van der Waals surface area contributed by atoms with Gasteiger partial charge in [0.2, 0.25) is 0 Å².